The first-order chi connectivity index (χ1) is 9.20. The zero-order chi connectivity index (χ0) is 15.3. The summed E-state index contributed by atoms with van der Waals surface area (Å²) in [6.07, 6.45) is -4.50. The monoisotopic (exact) mass is 291 g/mol. The van der Waals surface area contributed by atoms with E-state index in [2.05, 4.69) is 5.32 Å². The van der Waals surface area contributed by atoms with Gasteiger partial charge in [-0.05, 0) is 25.1 Å². The maximum absolute atomic E-state index is 12.4. The fourth-order valence-electron chi connectivity index (χ4n) is 1.26. The number of alkyl halides is 3. The van der Waals surface area contributed by atoms with Gasteiger partial charge in [0.25, 0.3) is 5.91 Å². The van der Waals surface area contributed by atoms with Gasteiger partial charge in [-0.1, -0.05) is 6.07 Å². The van der Waals surface area contributed by atoms with Gasteiger partial charge in [0.15, 0.2) is 6.61 Å². The van der Waals surface area contributed by atoms with E-state index in [1.807, 2.05) is 0 Å². The van der Waals surface area contributed by atoms with E-state index in [4.69, 9.17) is 9.84 Å². The predicted octanol–water partition coefficient (Wildman–Crippen LogP) is 1.67. The molecule has 1 amide bonds. The van der Waals surface area contributed by atoms with Crippen molar-refractivity contribution in [2.45, 2.75) is 19.1 Å². The van der Waals surface area contributed by atoms with E-state index < -0.39 is 36.3 Å². The Morgan fingerprint density at radius 3 is 2.60 bits per heavy atom. The second-order valence-corrected chi connectivity index (χ2v) is 3.94. The minimum Gasteiger partial charge on any atom is -0.484 e. The molecule has 0 aliphatic rings. The molecule has 0 saturated carbocycles. The van der Waals surface area contributed by atoms with Crippen molar-refractivity contribution in [3.05, 3.63) is 29.8 Å². The summed E-state index contributed by atoms with van der Waals surface area (Å²) < 4.78 is 42.2. The first-order valence-corrected chi connectivity index (χ1v) is 5.52. The summed E-state index contributed by atoms with van der Waals surface area (Å²) in [6.45, 7) is 0.684. The van der Waals surface area contributed by atoms with Gasteiger partial charge >= 0.3 is 12.1 Å². The maximum Gasteiger partial charge on any atom is 0.416 e. The molecule has 8 heteroatoms. The molecule has 1 rings (SSSR count). The maximum atomic E-state index is 12.4. The largest absolute Gasteiger partial charge is 0.484 e. The SMILES string of the molecule is C[C@H](NC(=O)COc1cccc(C(F)(F)F)c1)C(=O)O. The highest BCUT2D eigenvalue weighted by molar-refractivity contribution is 5.84. The van der Waals surface area contributed by atoms with Crippen LogP contribution < -0.4 is 10.1 Å². The number of ether oxygens (including phenoxy) is 1. The van der Waals surface area contributed by atoms with Gasteiger partial charge in [0.2, 0.25) is 0 Å². The molecule has 20 heavy (non-hydrogen) atoms. The van der Waals surface area contributed by atoms with E-state index in [1.54, 1.807) is 0 Å². The smallest absolute Gasteiger partial charge is 0.416 e. The standard InChI is InChI=1S/C12H12F3NO4/c1-7(11(18)19)16-10(17)6-20-9-4-2-3-8(5-9)12(13,14)15/h2-5,7H,6H2,1H3,(H,16,17)(H,18,19)/t7-/m0/s1. The molecule has 1 aromatic rings. The molecule has 1 aromatic carbocycles. The highest BCUT2D eigenvalue weighted by Gasteiger charge is 2.30. The molecule has 2 N–H and O–H groups in total. The van der Waals surface area contributed by atoms with Crippen LogP contribution in [0.4, 0.5) is 13.2 Å². The summed E-state index contributed by atoms with van der Waals surface area (Å²) in [5, 5.41) is 10.7. The second kappa shape index (κ2) is 6.27. The molecule has 0 aliphatic heterocycles. The number of aliphatic carboxylic acids is 1. The van der Waals surface area contributed by atoms with Crippen LogP contribution in [0, 0.1) is 0 Å². The van der Waals surface area contributed by atoms with Crippen LogP contribution in [0.15, 0.2) is 24.3 Å². The summed E-state index contributed by atoms with van der Waals surface area (Å²) >= 11 is 0. The molecule has 0 bridgehead atoms. The first-order valence-electron chi connectivity index (χ1n) is 5.52. The topological polar surface area (TPSA) is 75.6 Å². The molecule has 1 atom stereocenters. The highest BCUT2D eigenvalue weighted by atomic mass is 19.4. The molecule has 0 fully saturated rings. The van der Waals surface area contributed by atoms with Gasteiger partial charge in [-0.15, -0.1) is 0 Å². The quantitative estimate of drug-likeness (QED) is 0.865. The van der Waals surface area contributed by atoms with Gasteiger partial charge in [0.1, 0.15) is 11.8 Å². The molecule has 0 unspecified atom stereocenters. The molecular weight excluding hydrogens is 279 g/mol. The molecule has 0 saturated heterocycles. The van der Waals surface area contributed by atoms with E-state index in [0.717, 1.165) is 18.2 Å². The van der Waals surface area contributed by atoms with Crippen LogP contribution in [-0.2, 0) is 15.8 Å². The van der Waals surface area contributed by atoms with Crippen molar-refractivity contribution >= 4 is 11.9 Å². The summed E-state index contributed by atoms with van der Waals surface area (Å²) in [6, 6.07) is 2.94. The summed E-state index contributed by atoms with van der Waals surface area (Å²) in [5.41, 5.74) is -0.894. The van der Waals surface area contributed by atoms with Crippen molar-refractivity contribution in [2.24, 2.45) is 0 Å². The number of carboxylic acids is 1. The first kappa shape index (κ1) is 15.8. The van der Waals surface area contributed by atoms with Gasteiger partial charge in [-0.2, -0.15) is 13.2 Å². The number of carboxylic acid groups (broad SMARTS) is 1. The van der Waals surface area contributed by atoms with Gasteiger partial charge in [-0.3, -0.25) is 9.59 Å². The van der Waals surface area contributed by atoms with Gasteiger partial charge in [-0.25, -0.2) is 0 Å². The molecular formula is C12H12F3NO4. The van der Waals surface area contributed by atoms with Crippen molar-refractivity contribution in [1.29, 1.82) is 0 Å². The van der Waals surface area contributed by atoms with Gasteiger partial charge in [0, 0.05) is 0 Å². The van der Waals surface area contributed by atoms with Crippen LogP contribution in [0.2, 0.25) is 0 Å². The zero-order valence-electron chi connectivity index (χ0n) is 10.4. The number of hydrogen-bond donors (Lipinski definition) is 2. The Kier molecular flexibility index (Phi) is 4.95. The number of carbonyl (C=O) groups excluding carboxylic acids is 1. The Hall–Kier alpha value is -2.25. The molecule has 0 spiro atoms. The van der Waals surface area contributed by atoms with Gasteiger partial charge < -0.3 is 15.2 Å². The minimum atomic E-state index is -4.50. The Bertz CT molecular complexity index is 502. The molecule has 110 valence electrons. The van der Waals surface area contributed by atoms with Gasteiger partial charge in [0.05, 0.1) is 5.56 Å². The van der Waals surface area contributed by atoms with E-state index >= 15 is 0 Å². The number of benzene rings is 1. The fourth-order valence-corrected chi connectivity index (χ4v) is 1.26. The second-order valence-electron chi connectivity index (χ2n) is 3.94. The average Bonchev–Trinajstić information content (AvgIpc) is 2.35. The molecule has 0 heterocycles. The number of carbonyl (C=O) groups is 2. The van der Waals surface area contributed by atoms with Crippen LogP contribution in [-0.4, -0.2) is 29.6 Å². The molecule has 0 aromatic heterocycles. The van der Waals surface area contributed by atoms with Crippen molar-refractivity contribution < 1.29 is 32.6 Å². The Morgan fingerprint density at radius 1 is 1.40 bits per heavy atom. The Balaban J connectivity index is 2.58. The minimum absolute atomic E-state index is 0.127. The van der Waals surface area contributed by atoms with E-state index in [1.165, 1.54) is 13.0 Å². The normalized spacial score (nSPS) is 12.6. The van der Waals surface area contributed by atoms with Crippen molar-refractivity contribution in [1.82, 2.24) is 5.32 Å². The Labute approximate surface area is 112 Å². The highest BCUT2D eigenvalue weighted by Crippen LogP contribution is 2.31. The van der Waals surface area contributed by atoms with E-state index in [-0.39, 0.29) is 5.75 Å². The molecule has 5 nitrogen and oxygen atoms in total. The third-order valence-electron chi connectivity index (χ3n) is 2.28. The van der Waals surface area contributed by atoms with E-state index in [0.29, 0.717) is 0 Å². The summed E-state index contributed by atoms with van der Waals surface area (Å²) in [7, 11) is 0. The van der Waals surface area contributed by atoms with Crippen molar-refractivity contribution in [3.8, 4) is 5.75 Å². The summed E-state index contributed by atoms with van der Waals surface area (Å²) in [5.74, 6) is -2.09. The number of hydrogen-bond acceptors (Lipinski definition) is 3. The molecule has 0 aliphatic carbocycles. The van der Waals surface area contributed by atoms with Crippen LogP contribution in [0.3, 0.4) is 0 Å². The lowest BCUT2D eigenvalue weighted by Crippen LogP contribution is -2.40. The number of amides is 1. The lowest BCUT2D eigenvalue weighted by molar-refractivity contribution is -0.141. The van der Waals surface area contributed by atoms with Crippen LogP contribution in [0.25, 0.3) is 0 Å². The van der Waals surface area contributed by atoms with Crippen molar-refractivity contribution in [2.75, 3.05) is 6.61 Å². The lowest BCUT2D eigenvalue weighted by Gasteiger charge is -2.11. The fraction of sp³-hybridized carbons (Fsp3) is 0.333. The van der Waals surface area contributed by atoms with Crippen LogP contribution in [0.5, 0.6) is 5.75 Å². The zero-order valence-corrected chi connectivity index (χ0v) is 10.4. The van der Waals surface area contributed by atoms with Crippen LogP contribution in [0.1, 0.15) is 12.5 Å². The van der Waals surface area contributed by atoms with Crippen LogP contribution >= 0.6 is 0 Å². The van der Waals surface area contributed by atoms with E-state index in [9.17, 15) is 22.8 Å². The average molecular weight is 291 g/mol. The third kappa shape index (κ3) is 4.79. The number of rotatable bonds is 5. The lowest BCUT2D eigenvalue weighted by atomic mass is 10.2. The Morgan fingerprint density at radius 2 is 2.05 bits per heavy atom. The predicted molar refractivity (Wildman–Crippen MR) is 62.2 cm³/mol. The summed E-state index contributed by atoms with van der Waals surface area (Å²) in [4.78, 5) is 21.8. The molecule has 0 radical (unpaired) electrons. The number of halogens is 3. The van der Waals surface area contributed by atoms with Crippen molar-refractivity contribution in [3.63, 3.8) is 0 Å². The third-order valence-corrected chi connectivity index (χ3v) is 2.28. The number of nitrogens with one attached hydrogen (secondary N) is 1.